The van der Waals surface area contributed by atoms with E-state index in [4.69, 9.17) is 4.74 Å². The Morgan fingerprint density at radius 1 is 1.40 bits per heavy atom. The van der Waals surface area contributed by atoms with Gasteiger partial charge < -0.3 is 4.74 Å². The van der Waals surface area contributed by atoms with Gasteiger partial charge in [0, 0.05) is 12.7 Å². The zero-order chi connectivity index (χ0) is 11.1. The first-order chi connectivity index (χ1) is 7.25. The highest BCUT2D eigenvalue weighted by Crippen LogP contribution is 2.12. The van der Waals surface area contributed by atoms with E-state index in [2.05, 4.69) is 0 Å². The minimum atomic E-state index is -0.317. The zero-order valence-electron chi connectivity index (χ0n) is 8.97. The molecule has 1 amide bonds. The normalized spacial score (nSPS) is 9.73. The number of hydrogen-bond donors (Lipinski definition) is 0. The van der Waals surface area contributed by atoms with Crippen molar-refractivity contribution in [2.24, 2.45) is 0 Å². The van der Waals surface area contributed by atoms with Gasteiger partial charge in [-0.1, -0.05) is 25.1 Å². The molecule has 0 aromatic heterocycles. The number of thioether (sulfide) groups is 1. The topological polar surface area (TPSA) is 29.5 Å². The Kier molecular flexibility index (Phi) is 5.04. The molecule has 0 spiro atoms. The molecule has 0 bridgehead atoms. The van der Waals surface area contributed by atoms with Gasteiger partial charge in [-0.15, -0.1) is 11.8 Å². The summed E-state index contributed by atoms with van der Waals surface area (Å²) < 4.78 is 5.05. The number of rotatable bonds is 4. The lowest BCUT2D eigenvalue weighted by atomic mass is 10.3. The average molecular weight is 225 g/mol. The van der Waals surface area contributed by atoms with Crippen molar-refractivity contribution in [2.45, 2.75) is 6.92 Å². The molecule has 0 heterocycles. The number of para-hydroxylation sites is 1. The number of ether oxygens (including phenoxy) is 1. The second-order valence-corrected chi connectivity index (χ2v) is 4.14. The summed E-state index contributed by atoms with van der Waals surface area (Å²) in [6.07, 6.45) is -0.317. The van der Waals surface area contributed by atoms with Gasteiger partial charge in [0.25, 0.3) is 0 Å². The monoisotopic (exact) mass is 225 g/mol. The van der Waals surface area contributed by atoms with E-state index in [1.54, 1.807) is 18.8 Å². The van der Waals surface area contributed by atoms with E-state index < -0.39 is 0 Å². The highest BCUT2D eigenvalue weighted by Gasteiger charge is 2.10. The summed E-state index contributed by atoms with van der Waals surface area (Å²) in [6.45, 7) is 2.03. The van der Waals surface area contributed by atoms with Crippen molar-refractivity contribution in [2.75, 3.05) is 23.6 Å². The number of nitrogens with zero attached hydrogens (tertiary/aromatic N) is 1. The average Bonchev–Trinajstić information content (AvgIpc) is 2.29. The molecule has 1 aromatic carbocycles. The molecule has 3 nitrogen and oxygen atoms in total. The number of carbonyl (C=O) groups excluding carboxylic acids is 1. The summed E-state index contributed by atoms with van der Waals surface area (Å²) in [4.78, 5) is 13.0. The van der Waals surface area contributed by atoms with E-state index in [0.717, 1.165) is 11.4 Å². The Balaban J connectivity index is 2.46. The third-order valence-corrected chi connectivity index (χ3v) is 2.58. The Morgan fingerprint density at radius 2 is 2.07 bits per heavy atom. The fraction of sp³-hybridized carbons (Fsp3) is 0.364. The highest BCUT2D eigenvalue weighted by atomic mass is 32.2. The van der Waals surface area contributed by atoms with Gasteiger partial charge in [-0.3, -0.25) is 4.90 Å². The van der Waals surface area contributed by atoms with Gasteiger partial charge in [0.1, 0.15) is 5.94 Å². The van der Waals surface area contributed by atoms with Gasteiger partial charge in [-0.2, -0.15) is 0 Å². The van der Waals surface area contributed by atoms with Gasteiger partial charge in [0.2, 0.25) is 0 Å². The van der Waals surface area contributed by atoms with Crippen LogP contribution in [0.15, 0.2) is 30.3 Å². The van der Waals surface area contributed by atoms with Crippen LogP contribution < -0.4 is 4.90 Å². The second-order valence-electron chi connectivity index (χ2n) is 2.92. The third-order valence-electron chi connectivity index (χ3n) is 1.89. The molecular weight excluding hydrogens is 210 g/mol. The fourth-order valence-corrected chi connectivity index (χ4v) is 1.38. The molecule has 1 aromatic rings. The molecule has 4 heteroatoms. The zero-order valence-corrected chi connectivity index (χ0v) is 9.79. The van der Waals surface area contributed by atoms with Gasteiger partial charge in [0.05, 0.1) is 0 Å². The van der Waals surface area contributed by atoms with Crippen LogP contribution in [-0.4, -0.2) is 24.8 Å². The SMILES string of the molecule is CCSCOC(=O)N(C)c1ccccc1. The Hall–Kier alpha value is -1.16. The number of anilines is 1. The maximum atomic E-state index is 11.5. The first-order valence-electron chi connectivity index (χ1n) is 4.79. The Bertz CT molecular complexity index is 303. The van der Waals surface area contributed by atoms with Crippen LogP contribution in [0.2, 0.25) is 0 Å². The minimum absolute atomic E-state index is 0.317. The van der Waals surface area contributed by atoms with Crippen LogP contribution in [0, 0.1) is 0 Å². The van der Waals surface area contributed by atoms with Crippen molar-refractivity contribution < 1.29 is 9.53 Å². The molecule has 1 rings (SSSR count). The van der Waals surface area contributed by atoms with Crippen LogP contribution in [0.25, 0.3) is 0 Å². The molecule has 0 saturated carbocycles. The number of hydrogen-bond acceptors (Lipinski definition) is 3. The summed E-state index contributed by atoms with van der Waals surface area (Å²) in [6, 6.07) is 9.43. The molecule has 0 unspecified atom stereocenters. The number of benzene rings is 1. The molecule has 0 fully saturated rings. The van der Waals surface area contributed by atoms with E-state index in [9.17, 15) is 4.79 Å². The highest BCUT2D eigenvalue weighted by molar-refractivity contribution is 7.99. The van der Waals surface area contributed by atoms with Crippen LogP contribution in [0.1, 0.15) is 6.92 Å². The summed E-state index contributed by atoms with van der Waals surface area (Å²) in [5.41, 5.74) is 0.837. The van der Waals surface area contributed by atoms with E-state index in [1.807, 2.05) is 37.3 Å². The van der Waals surface area contributed by atoms with Gasteiger partial charge >= 0.3 is 6.09 Å². The van der Waals surface area contributed by atoms with Crippen LogP contribution in [0.4, 0.5) is 10.5 Å². The predicted octanol–water partition coefficient (Wildman–Crippen LogP) is 2.97. The van der Waals surface area contributed by atoms with E-state index in [1.165, 1.54) is 4.90 Å². The smallest absolute Gasteiger partial charge is 0.414 e. The Morgan fingerprint density at radius 3 is 2.67 bits per heavy atom. The van der Waals surface area contributed by atoms with Crippen LogP contribution in [0.3, 0.4) is 0 Å². The fourth-order valence-electron chi connectivity index (χ4n) is 1.03. The van der Waals surface area contributed by atoms with Gasteiger partial charge in [-0.25, -0.2) is 4.79 Å². The number of carbonyl (C=O) groups is 1. The lowest BCUT2D eigenvalue weighted by Crippen LogP contribution is -2.26. The minimum Gasteiger partial charge on any atom is -0.438 e. The van der Waals surface area contributed by atoms with Crippen molar-refractivity contribution in [3.63, 3.8) is 0 Å². The molecule has 0 aliphatic heterocycles. The largest absolute Gasteiger partial charge is 0.438 e. The molecule has 0 radical (unpaired) electrons. The van der Waals surface area contributed by atoms with E-state index in [-0.39, 0.29) is 6.09 Å². The lowest BCUT2D eigenvalue weighted by molar-refractivity contribution is 0.175. The van der Waals surface area contributed by atoms with Gasteiger partial charge in [0.15, 0.2) is 0 Å². The third kappa shape index (κ3) is 3.83. The maximum Gasteiger partial charge on any atom is 0.414 e. The molecule has 0 atom stereocenters. The van der Waals surface area contributed by atoms with Crippen LogP contribution >= 0.6 is 11.8 Å². The molecular formula is C11H15NO2S. The van der Waals surface area contributed by atoms with Gasteiger partial charge in [-0.05, 0) is 17.9 Å². The lowest BCUT2D eigenvalue weighted by Gasteiger charge is -2.16. The first kappa shape index (κ1) is 11.9. The van der Waals surface area contributed by atoms with E-state index >= 15 is 0 Å². The first-order valence-corrected chi connectivity index (χ1v) is 5.94. The van der Waals surface area contributed by atoms with Crippen molar-refractivity contribution in [1.29, 1.82) is 0 Å². The van der Waals surface area contributed by atoms with Crippen molar-refractivity contribution in [3.05, 3.63) is 30.3 Å². The van der Waals surface area contributed by atoms with Crippen LogP contribution in [0.5, 0.6) is 0 Å². The Labute approximate surface area is 94.4 Å². The second kappa shape index (κ2) is 6.35. The van der Waals surface area contributed by atoms with Crippen molar-refractivity contribution in [1.82, 2.24) is 0 Å². The molecule has 82 valence electrons. The summed E-state index contributed by atoms with van der Waals surface area (Å²) in [7, 11) is 1.70. The maximum absolute atomic E-state index is 11.5. The summed E-state index contributed by atoms with van der Waals surface area (Å²) >= 11 is 1.58. The van der Waals surface area contributed by atoms with Crippen LogP contribution in [-0.2, 0) is 4.74 Å². The predicted molar refractivity (Wildman–Crippen MR) is 64.3 cm³/mol. The summed E-state index contributed by atoms with van der Waals surface area (Å²) in [5, 5.41) is 0. The molecule has 0 saturated heterocycles. The van der Waals surface area contributed by atoms with Crippen molar-refractivity contribution in [3.8, 4) is 0 Å². The van der Waals surface area contributed by atoms with E-state index in [0.29, 0.717) is 5.94 Å². The molecule has 0 N–H and O–H groups in total. The summed E-state index contributed by atoms with van der Waals surface area (Å²) in [5.74, 6) is 1.36. The standard InChI is InChI=1S/C11H15NO2S/c1-3-15-9-14-11(13)12(2)10-7-5-4-6-8-10/h4-8H,3,9H2,1-2H3. The quantitative estimate of drug-likeness (QED) is 0.583. The number of amides is 1. The molecule has 0 aliphatic carbocycles. The molecule has 0 aliphatic rings. The van der Waals surface area contributed by atoms with Crippen molar-refractivity contribution >= 4 is 23.5 Å². The molecule has 15 heavy (non-hydrogen) atoms.